The van der Waals surface area contributed by atoms with Gasteiger partial charge in [-0.2, -0.15) is 0 Å². The molecule has 1 aliphatic rings. The third-order valence-corrected chi connectivity index (χ3v) is 7.01. The highest BCUT2D eigenvalue weighted by Gasteiger charge is 2.33. The molecule has 0 saturated carbocycles. The Morgan fingerprint density at radius 3 is 2.64 bits per heavy atom. The first kappa shape index (κ1) is 22.8. The van der Waals surface area contributed by atoms with Crippen LogP contribution in [0, 0.1) is 13.8 Å². The summed E-state index contributed by atoms with van der Waals surface area (Å²) < 4.78 is 15.0. The van der Waals surface area contributed by atoms with E-state index in [2.05, 4.69) is 15.6 Å². The monoisotopic (exact) mass is 465 g/mol. The molecule has 8 heteroatoms. The molecular formula is C25H27N3O4S. The first-order valence-corrected chi connectivity index (χ1v) is 11.5. The van der Waals surface area contributed by atoms with Gasteiger partial charge in [0.25, 0.3) is 5.56 Å². The molecule has 2 aromatic heterocycles. The fourth-order valence-electron chi connectivity index (χ4n) is 4.09. The van der Waals surface area contributed by atoms with Crippen molar-refractivity contribution in [2.75, 3.05) is 13.7 Å². The van der Waals surface area contributed by atoms with Crippen LogP contribution in [0.15, 0.2) is 51.4 Å². The number of benzene rings is 1. The van der Waals surface area contributed by atoms with E-state index in [1.165, 1.54) is 11.3 Å². The Balaban J connectivity index is 1.98. The first-order chi connectivity index (χ1) is 15.8. The normalized spacial score (nSPS) is 15.9. The quantitative estimate of drug-likeness (QED) is 0.543. The number of carbonyl (C=O) groups is 1. The summed E-state index contributed by atoms with van der Waals surface area (Å²) in [6, 6.07) is 8.79. The Hall–Kier alpha value is -3.39. The second kappa shape index (κ2) is 8.86. The molecule has 4 rings (SSSR count). The molecule has 0 bridgehead atoms. The summed E-state index contributed by atoms with van der Waals surface area (Å²) in [5, 5.41) is 0. The second-order valence-corrected chi connectivity index (χ2v) is 8.97. The van der Waals surface area contributed by atoms with Gasteiger partial charge in [0, 0.05) is 18.4 Å². The van der Waals surface area contributed by atoms with Crippen LogP contribution >= 0.6 is 11.3 Å². The standard InChI is InChI=1S/C25H27N3O4S/c1-7-32-24(30)21-15(3)26-25-28(22(21)17-9-8-10-19(12-17)31-6)23(29)20(33-25)13-18-11-14(2)27(5)16(18)4/h8-13,22H,7H2,1-6H3. The number of methoxy groups -OCH3 is 1. The van der Waals surface area contributed by atoms with Gasteiger partial charge in [0.05, 0.1) is 35.6 Å². The van der Waals surface area contributed by atoms with Gasteiger partial charge >= 0.3 is 5.97 Å². The lowest BCUT2D eigenvalue weighted by molar-refractivity contribution is -0.139. The number of hydrogen-bond acceptors (Lipinski definition) is 6. The minimum absolute atomic E-state index is 0.193. The second-order valence-electron chi connectivity index (χ2n) is 7.96. The number of rotatable bonds is 5. The lowest BCUT2D eigenvalue weighted by Crippen LogP contribution is -2.39. The van der Waals surface area contributed by atoms with Crippen molar-refractivity contribution in [1.82, 2.24) is 9.13 Å². The van der Waals surface area contributed by atoms with E-state index in [1.807, 2.05) is 51.2 Å². The van der Waals surface area contributed by atoms with E-state index in [0.29, 0.717) is 26.4 Å². The molecule has 1 unspecified atom stereocenters. The zero-order chi connectivity index (χ0) is 23.9. The van der Waals surface area contributed by atoms with E-state index in [4.69, 9.17) is 9.47 Å². The van der Waals surface area contributed by atoms with E-state index in [-0.39, 0.29) is 12.2 Å². The first-order valence-electron chi connectivity index (χ1n) is 10.7. The maximum absolute atomic E-state index is 13.7. The molecular weight excluding hydrogens is 438 g/mol. The summed E-state index contributed by atoms with van der Waals surface area (Å²) in [5.74, 6) is 0.165. The lowest BCUT2D eigenvalue weighted by Gasteiger charge is -2.25. The van der Waals surface area contributed by atoms with Crippen LogP contribution in [0.1, 0.15) is 42.4 Å². The highest BCUT2D eigenvalue weighted by atomic mass is 32.1. The Morgan fingerprint density at radius 2 is 2.00 bits per heavy atom. The lowest BCUT2D eigenvalue weighted by atomic mass is 9.95. The molecule has 0 radical (unpaired) electrons. The van der Waals surface area contributed by atoms with Gasteiger partial charge in [-0.05, 0) is 63.1 Å². The molecule has 3 aromatic rings. The van der Waals surface area contributed by atoms with Crippen molar-refractivity contribution in [3.05, 3.63) is 83.8 Å². The maximum atomic E-state index is 13.7. The summed E-state index contributed by atoms with van der Waals surface area (Å²) in [6.45, 7) is 7.83. The molecule has 3 heterocycles. The zero-order valence-corrected chi connectivity index (χ0v) is 20.4. The molecule has 1 atom stereocenters. The van der Waals surface area contributed by atoms with Crippen molar-refractivity contribution < 1.29 is 14.3 Å². The summed E-state index contributed by atoms with van der Waals surface area (Å²) in [4.78, 5) is 31.8. The van der Waals surface area contributed by atoms with Gasteiger partial charge in [-0.1, -0.05) is 23.5 Å². The van der Waals surface area contributed by atoms with Crippen LogP contribution in [0.3, 0.4) is 0 Å². The van der Waals surface area contributed by atoms with Crippen molar-refractivity contribution in [2.45, 2.75) is 33.7 Å². The van der Waals surface area contributed by atoms with Gasteiger partial charge < -0.3 is 14.0 Å². The number of aromatic nitrogens is 2. The average molecular weight is 466 g/mol. The van der Waals surface area contributed by atoms with Gasteiger partial charge in [0.1, 0.15) is 5.75 Å². The van der Waals surface area contributed by atoms with Crippen LogP contribution in [0.5, 0.6) is 5.75 Å². The molecule has 0 amide bonds. The Kier molecular flexibility index (Phi) is 6.12. The summed E-state index contributed by atoms with van der Waals surface area (Å²) in [6.07, 6.45) is 1.90. The number of allylic oxidation sites excluding steroid dienone is 1. The Bertz CT molecular complexity index is 1460. The van der Waals surface area contributed by atoms with Gasteiger partial charge in [-0.3, -0.25) is 9.36 Å². The minimum Gasteiger partial charge on any atom is -0.497 e. The van der Waals surface area contributed by atoms with Crippen molar-refractivity contribution in [2.24, 2.45) is 12.0 Å². The number of hydrogen-bond donors (Lipinski definition) is 0. The number of esters is 1. The smallest absolute Gasteiger partial charge is 0.338 e. The number of ether oxygens (including phenoxy) is 2. The highest BCUT2D eigenvalue weighted by molar-refractivity contribution is 7.07. The molecule has 1 aliphatic heterocycles. The SMILES string of the molecule is CCOC(=O)C1=C(C)N=c2sc(=Cc3cc(C)n(C)c3C)c(=O)n2C1c1cccc(OC)c1. The predicted molar refractivity (Wildman–Crippen MR) is 128 cm³/mol. The summed E-state index contributed by atoms with van der Waals surface area (Å²) in [5.41, 5.74) is 4.64. The van der Waals surface area contributed by atoms with Crippen molar-refractivity contribution in [3.8, 4) is 5.75 Å². The van der Waals surface area contributed by atoms with Crippen molar-refractivity contribution in [3.63, 3.8) is 0 Å². The fourth-order valence-corrected chi connectivity index (χ4v) is 5.13. The van der Waals surface area contributed by atoms with Crippen LogP contribution in [0.4, 0.5) is 0 Å². The number of nitrogens with zero attached hydrogens (tertiary/aromatic N) is 3. The van der Waals surface area contributed by atoms with Crippen LogP contribution < -0.4 is 19.6 Å². The average Bonchev–Trinajstić information content (AvgIpc) is 3.23. The minimum atomic E-state index is -0.656. The molecule has 1 aromatic carbocycles. The molecule has 0 fully saturated rings. The van der Waals surface area contributed by atoms with E-state index in [9.17, 15) is 9.59 Å². The van der Waals surface area contributed by atoms with Crippen LogP contribution in [0.25, 0.3) is 6.08 Å². The van der Waals surface area contributed by atoms with E-state index < -0.39 is 12.0 Å². The van der Waals surface area contributed by atoms with Crippen LogP contribution in [0.2, 0.25) is 0 Å². The third kappa shape index (κ3) is 3.95. The van der Waals surface area contributed by atoms with Crippen molar-refractivity contribution >= 4 is 23.4 Å². The fraction of sp³-hybridized carbons (Fsp3) is 0.320. The van der Waals surface area contributed by atoms with Crippen LogP contribution in [-0.4, -0.2) is 28.8 Å². The third-order valence-electron chi connectivity index (χ3n) is 6.03. The number of aryl methyl sites for hydroxylation is 1. The number of fused-ring (bicyclic) bond motifs is 1. The molecule has 0 aliphatic carbocycles. The molecule has 33 heavy (non-hydrogen) atoms. The van der Waals surface area contributed by atoms with E-state index in [1.54, 1.807) is 25.5 Å². The summed E-state index contributed by atoms with van der Waals surface area (Å²) >= 11 is 1.32. The van der Waals surface area contributed by atoms with Gasteiger partial charge in [0.15, 0.2) is 4.80 Å². The van der Waals surface area contributed by atoms with Crippen molar-refractivity contribution in [1.29, 1.82) is 0 Å². The van der Waals surface area contributed by atoms with Crippen LogP contribution in [-0.2, 0) is 16.6 Å². The zero-order valence-electron chi connectivity index (χ0n) is 19.6. The molecule has 7 nitrogen and oxygen atoms in total. The molecule has 172 valence electrons. The highest BCUT2D eigenvalue weighted by Crippen LogP contribution is 2.32. The topological polar surface area (TPSA) is 74.8 Å². The Morgan fingerprint density at radius 1 is 1.24 bits per heavy atom. The Labute approximate surface area is 195 Å². The maximum Gasteiger partial charge on any atom is 0.338 e. The molecule has 0 spiro atoms. The van der Waals surface area contributed by atoms with E-state index >= 15 is 0 Å². The summed E-state index contributed by atoms with van der Waals surface area (Å²) in [7, 11) is 3.59. The van der Waals surface area contributed by atoms with Gasteiger partial charge in [0.2, 0.25) is 0 Å². The van der Waals surface area contributed by atoms with Gasteiger partial charge in [-0.15, -0.1) is 0 Å². The predicted octanol–water partition coefficient (Wildman–Crippen LogP) is 2.76. The molecule has 0 N–H and O–H groups in total. The number of carbonyl (C=O) groups excluding carboxylic acids is 1. The molecule has 0 saturated heterocycles. The largest absolute Gasteiger partial charge is 0.497 e. The van der Waals surface area contributed by atoms with E-state index in [0.717, 1.165) is 22.5 Å². The van der Waals surface area contributed by atoms with Gasteiger partial charge in [-0.25, -0.2) is 9.79 Å². The number of thiazole rings is 1.